The molecule has 2 saturated heterocycles. The maximum atomic E-state index is 13.3. The number of halogens is 3. The molecule has 2 atom stereocenters. The van der Waals surface area contributed by atoms with Gasteiger partial charge in [-0.2, -0.15) is 0 Å². The molecule has 1 aromatic carbocycles. The Balaban J connectivity index is 0.00000104. The fraction of sp³-hybridized carbons (Fsp3) is 0.562. The summed E-state index contributed by atoms with van der Waals surface area (Å²) >= 11 is 1.82. The lowest BCUT2D eigenvalue weighted by Crippen LogP contribution is -2.42. The van der Waals surface area contributed by atoms with E-state index in [1.807, 2.05) is 22.7 Å². The molecule has 1 N–H and O–H groups in total. The first kappa shape index (κ1) is 19.6. The zero-order chi connectivity index (χ0) is 15.1. The van der Waals surface area contributed by atoms with Crippen molar-refractivity contribution in [2.75, 3.05) is 36.2 Å². The maximum Gasteiger partial charge on any atom is 0.240 e. The number of carbonyl (C=O) groups is 1. The van der Waals surface area contributed by atoms with Gasteiger partial charge in [-0.25, -0.2) is 4.39 Å². The minimum Gasteiger partial charge on any atom is -0.367 e. The molecule has 3 heterocycles. The first-order valence-electron chi connectivity index (χ1n) is 7.87. The van der Waals surface area contributed by atoms with Crippen LogP contribution >= 0.6 is 36.6 Å². The van der Waals surface area contributed by atoms with Crippen molar-refractivity contribution in [3.05, 3.63) is 29.6 Å². The van der Waals surface area contributed by atoms with Crippen molar-refractivity contribution in [1.82, 2.24) is 10.2 Å². The second-order valence-electron chi connectivity index (χ2n) is 6.21. The lowest BCUT2D eigenvalue weighted by Gasteiger charge is -2.26. The molecule has 0 aromatic heterocycles. The van der Waals surface area contributed by atoms with Crippen LogP contribution in [-0.4, -0.2) is 54.2 Å². The Labute approximate surface area is 158 Å². The summed E-state index contributed by atoms with van der Waals surface area (Å²) in [7, 11) is 0. The van der Waals surface area contributed by atoms with Crippen molar-refractivity contribution in [3.63, 3.8) is 0 Å². The number of rotatable bonds is 2. The number of nitrogens with zero attached hydrogens (tertiary/aromatic N) is 2. The fourth-order valence-electron chi connectivity index (χ4n) is 3.73. The quantitative estimate of drug-likeness (QED) is 0.835. The molecule has 4 rings (SSSR count). The normalized spacial score (nSPS) is 25.2. The molecule has 8 heteroatoms. The van der Waals surface area contributed by atoms with Gasteiger partial charge >= 0.3 is 0 Å². The molecule has 0 saturated carbocycles. The minimum absolute atomic E-state index is 0. The molecule has 0 aliphatic carbocycles. The third kappa shape index (κ3) is 3.62. The number of nitrogens with one attached hydrogen (secondary N) is 1. The van der Waals surface area contributed by atoms with Gasteiger partial charge in [0.25, 0.3) is 0 Å². The second kappa shape index (κ2) is 8.13. The monoisotopic (exact) mass is 393 g/mol. The molecule has 1 aromatic rings. The number of anilines is 1. The molecule has 0 unspecified atom stereocenters. The van der Waals surface area contributed by atoms with Crippen molar-refractivity contribution in [1.29, 1.82) is 0 Å². The largest absolute Gasteiger partial charge is 0.367 e. The molecule has 0 radical (unpaired) electrons. The molecule has 4 nitrogen and oxygen atoms in total. The summed E-state index contributed by atoms with van der Waals surface area (Å²) in [6.45, 7) is 2.62. The van der Waals surface area contributed by atoms with Crippen LogP contribution in [0.2, 0.25) is 0 Å². The van der Waals surface area contributed by atoms with Gasteiger partial charge in [-0.15, -0.1) is 36.6 Å². The summed E-state index contributed by atoms with van der Waals surface area (Å²) in [6.07, 6.45) is 1.74. The molecular formula is C16H22Cl2FN3OS. The highest BCUT2D eigenvalue weighted by molar-refractivity contribution is 7.99. The van der Waals surface area contributed by atoms with Crippen LogP contribution in [0.1, 0.15) is 12.0 Å². The zero-order valence-corrected chi connectivity index (χ0v) is 15.7. The van der Waals surface area contributed by atoms with Crippen molar-refractivity contribution in [2.24, 2.45) is 0 Å². The Hall–Kier alpha value is -0.690. The number of benzene rings is 1. The summed E-state index contributed by atoms with van der Waals surface area (Å²) < 4.78 is 13.3. The summed E-state index contributed by atoms with van der Waals surface area (Å²) in [4.78, 5) is 16.8. The first-order valence-corrected chi connectivity index (χ1v) is 9.03. The molecule has 3 aliphatic rings. The van der Waals surface area contributed by atoms with Crippen LogP contribution in [0.3, 0.4) is 0 Å². The van der Waals surface area contributed by atoms with E-state index >= 15 is 0 Å². The third-order valence-corrected chi connectivity index (χ3v) is 5.85. The van der Waals surface area contributed by atoms with Crippen molar-refractivity contribution in [3.8, 4) is 0 Å². The Morgan fingerprint density at radius 3 is 2.88 bits per heavy atom. The minimum atomic E-state index is -0.162. The number of amides is 1. The van der Waals surface area contributed by atoms with E-state index in [0.29, 0.717) is 6.04 Å². The van der Waals surface area contributed by atoms with E-state index in [0.717, 1.165) is 55.4 Å². The van der Waals surface area contributed by atoms with Gasteiger partial charge in [0.1, 0.15) is 5.82 Å². The SMILES string of the molecule is Cl.Cl.O=C([C@@H]1C[C@H](N2CCc3cc(F)ccc32)CN1)N1CCSC1. The van der Waals surface area contributed by atoms with Crippen LogP contribution in [-0.2, 0) is 11.2 Å². The van der Waals surface area contributed by atoms with Gasteiger partial charge in [-0.1, -0.05) is 0 Å². The van der Waals surface area contributed by atoms with Gasteiger partial charge in [0, 0.05) is 37.1 Å². The zero-order valence-electron chi connectivity index (χ0n) is 13.2. The Morgan fingerprint density at radius 1 is 1.29 bits per heavy atom. The topological polar surface area (TPSA) is 35.6 Å². The van der Waals surface area contributed by atoms with Gasteiger partial charge < -0.3 is 15.1 Å². The molecule has 1 amide bonds. The lowest BCUT2D eigenvalue weighted by molar-refractivity contribution is -0.131. The molecule has 0 bridgehead atoms. The molecule has 24 heavy (non-hydrogen) atoms. The van der Waals surface area contributed by atoms with Crippen molar-refractivity contribution in [2.45, 2.75) is 24.9 Å². The summed E-state index contributed by atoms with van der Waals surface area (Å²) in [5.41, 5.74) is 2.23. The smallest absolute Gasteiger partial charge is 0.240 e. The van der Waals surface area contributed by atoms with Gasteiger partial charge in [-0.3, -0.25) is 4.79 Å². The van der Waals surface area contributed by atoms with E-state index < -0.39 is 0 Å². The lowest BCUT2D eigenvalue weighted by atomic mass is 10.1. The average molecular weight is 394 g/mol. The number of fused-ring (bicyclic) bond motifs is 1. The van der Waals surface area contributed by atoms with E-state index in [1.165, 1.54) is 6.07 Å². The summed E-state index contributed by atoms with van der Waals surface area (Å²) in [6, 6.07) is 5.32. The summed E-state index contributed by atoms with van der Waals surface area (Å²) in [5.74, 6) is 1.95. The van der Waals surface area contributed by atoms with E-state index in [4.69, 9.17) is 0 Å². The van der Waals surface area contributed by atoms with Crippen molar-refractivity contribution < 1.29 is 9.18 Å². The van der Waals surface area contributed by atoms with Gasteiger partial charge in [0.2, 0.25) is 5.91 Å². The first-order chi connectivity index (χ1) is 10.7. The van der Waals surface area contributed by atoms with Crippen LogP contribution in [0.4, 0.5) is 10.1 Å². The standard InChI is InChI=1S/C16H20FN3OS.2ClH/c17-12-1-2-15-11(7-12)3-4-20(15)13-8-14(18-9-13)16(21)19-5-6-22-10-19;;/h1-2,7,13-14,18H,3-6,8-10H2;2*1H/t13-,14-;;/m0../s1. The van der Waals surface area contributed by atoms with E-state index in [9.17, 15) is 9.18 Å². The number of hydrogen-bond donors (Lipinski definition) is 1. The molecule has 2 fully saturated rings. The van der Waals surface area contributed by atoms with Crippen LogP contribution in [0.5, 0.6) is 0 Å². The average Bonchev–Trinajstić information content (AvgIpc) is 3.25. The third-order valence-electron chi connectivity index (χ3n) is 4.88. The van der Waals surface area contributed by atoms with Gasteiger partial charge in [0.15, 0.2) is 0 Å². The molecular weight excluding hydrogens is 372 g/mol. The van der Waals surface area contributed by atoms with E-state index in [2.05, 4.69) is 10.2 Å². The molecule has 134 valence electrons. The van der Waals surface area contributed by atoms with Crippen LogP contribution in [0.15, 0.2) is 18.2 Å². The van der Waals surface area contributed by atoms with Gasteiger partial charge in [-0.05, 0) is 36.6 Å². The van der Waals surface area contributed by atoms with E-state index in [-0.39, 0.29) is 42.6 Å². The van der Waals surface area contributed by atoms with Crippen LogP contribution in [0.25, 0.3) is 0 Å². The fourth-order valence-corrected chi connectivity index (χ4v) is 4.68. The van der Waals surface area contributed by atoms with Crippen LogP contribution < -0.4 is 10.2 Å². The van der Waals surface area contributed by atoms with Crippen molar-refractivity contribution >= 4 is 48.2 Å². The number of thioether (sulfide) groups is 1. The van der Waals surface area contributed by atoms with Gasteiger partial charge in [0.05, 0.1) is 11.9 Å². The highest BCUT2D eigenvalue weighted by atomic mass is 35.5. The number of carbonyl (C=O) groups excluding carboxylic acids is 1. The van der Waals surface area contributed by atoms with E-state index in [1.54, 1.807) is 6.07 Å². The molecule has 3 aliphatic heterocycles. The second-order valence-corrected chi connectivity index (χ2v) is 7.28. The molecule has 0 spiro atoms. The maximum absolute atomic E-state index is 13.3. The summed E-state index contributed by atoms with van der Waals surface area (Å²) in [5, 5.41) is 3.39. The number of hydrogen-bond acceptors (Lipinski definition) is 4. The Kier molecular flexibility index (Phi) is 6.65. The highest BCUT2D eigenvalue weighted by Gasteiger charge is 2.37. The predicted octanol–water partition coefficient (Wildman–Crippen LogP) is 2.30. The predicted molar refractivity (Wildman–Crippen MR) is 101 cm³/mol. The van der Waals surface area contributed by atoms with Crippen LogP contribution in [0, 0.1) is 5.82 Å². The Bertz CT molecular complexity index is 601. The highest BCUT2D eigenvalue weighted by Crippen LogP contribution is 2.32. The Morgan fingerprint density at radius 2 is 2.12 bits per heavy atom.